The number of hydrogen-bond donors (Lipinski definition) is 2. The van der Waals surface area contributed by atoms with E-state index in [4.69, 9.17) is 0 Å². The van der Waals surface area contributed by atoms with Crippen LogP contribution in [-0.2, 0) is 16.1 Å². The summed E-state index contributed by atoms with van der Waals surface area (Å²) in [4.78, 5) is 27.6. The fourth-order valence-corrected chi connectivity index (χ4v) is 4.63. The van der Waals surface area contributed by atoms with Crippen molar-refractivity contribution in [3.63, 3.8) is 0 Å². The number of nitriles is 1. The third-order valence-electron chi connectivity index (χ3n) is 6.80. The fraction of sp³-hybridized carbons (Fsp3) is 0.321. The smallest absolute Gasteiger partial charge is 0.239 e. The van der Waals surface area contributed by atoms with Gasteiger partial charge in [0.1, 0.15) is 17.7 Å². The number of piperidine rings is 1. The maximum atomic E-state index is 13.5. The molecule has 1 aliphatic rings. The van der Waals surface area contributed by atoms with Crippen LogP contribution in [0.4, 0.5) is 10.2 Å². The number of carbonyl (C=O) groups excluding carboxylic acids is 2. The average Bonchev–Trinajstić information content (AvgIpc) is 3.12. The zero-order valence-corrected chi connectivity index (χ0v) is 20.6. The van der Waals surface area contributed by atoms with E-state index in [9.17, 15) is 19.2 Å². The number of amides is 2. The van der Waals surface area contributed by atoms with E-state index in [1.165, 1.54) is 12.1 Å². The Bertz CT molecular complexity index is 1270. The molecule has 0 bridgehead atoms. The number of likely N-dealkylation sites (tertiary alicyclic amines) is 1. The van der Waals surface area contributed by atoms with E-state index in [1.54, 1.807) is 16.7 Å². The van der Waals surface area contributed by atoms with Gasteiger partial charge in [-0.25, -0.2) is 4.39 Å². The van der Waals surface area contributed by atoms with Crippen LogP contribution in [0.1, 0.15) is 35.2 Å². The van der Waals surface area contributed by atoms with E-state index in [-0.39, 0.29) is 30.1 Å². The van der Waals surface area contributed by atoms with Gasteiger partial charge in [-0.1, -0.05) is 30.3 Å². The predicted octanol–water partition coefficient (Wildman–Crippen LogP) is 4.07. The molecule has 1 saturated heterocycles. The lowest BCUT2D eigenvalue weighted by atomic mass is 9.96. The highest BCUT2D eigenvalue weighted by Crippen LogP contribution is 2.30. The third-order valence-corrected chi connectivity index (χ3v) is 6.80. The van der Waals surface area contributed by atoms with Crippen molar-refractivity contribution < 1.29 is 14.0 Å². The van der Waals surface area contributed by atoms with Crippen LogP contribution in [0.25, 0.3) is 5.69 Å². The summed E-state index contributed by atoms with van der Waals surface area (Å²) in [6.45, 7) is 5.64. The molecule has 0 saturated carbocycles. The lowest BCUT2D eigenvalue weighted by Gasteiger charge is -2.30. The Morgan fingerprint density at radius 2 is 1.72 bits per heavy atom. The molecule has 2 amide bonds. The van der Waals surface area contributed by atoms with Crippen LogP contribution >= 0.6 is 0 Å². The molecule has 1 aliphatic heterocycles. The quantitative estimate of drug-likeness (QED) is 0.526. The Balaban J connectivity index is 1.36. The van der Waals surface area contributed by atoms with Crippen LogP contribution in [0.2, 0.25) is 0 Å². The van der Waals surface area contributed by atoms with Crippen molar-refractivity contribution >= 4 is 17.6 Å². The van der Waals surface area contributed by atoms with Gasteiger partial charge in [0, 0.05) is 23.8 Å². The number of anilines is 1. The van der Waals surface area contributed by atoms with Crippen molar-refractivity contribution in [2.45, 2.75) is 33.2 Å². The van der Waals surface area contributed by atoms with Gasteiger partial charge in [0.2, 0.25) is 11.8 Å². The standard InChI is InChI=1S/C28H30FN5O2/c1-19-20(2)34(24-10-8-23(29)9-11-24)27(25(19)16-30)32-26(35)18-33-14-12-22(13-15-33)28(36)31-17-21-6-4-3-5-7-21/h3-11,22H,12-15,17-18H2,1-2H3,(H,31,36)(H,32,35). The Hall–Kier alpha value is -3.96. The van der Waals surface area contributed by atoms with Crippen LogP contribution in [0, 0.1) is 36.9 Å². The second-order valence-electron chi connectivity index (χ2n) is 9.16. The van der Waals surface area contributed by atoms with E-state index in [2.05, 4.69) is 16.7 Å². The van der Waals surface area contributed by atoms with Gasteiger partial charge in [0.25, 0.3) is 0 Å². The number of halogens is 1. The highest BCUT2D eigenvalue weighted by molar-refractivity contribution is 5.93. The van der Waals surface area contributed by atoms with E-state index >= 15 is 0 Å². The highest BCUT2D eigenvalue weighted by Gasteiger charge is 2.27. The van der Waals surface area contributed by atoms with E-state index in [1.807, 2.05) is 49.1 Å². The summed E-state index contributed by atoms with van der Waals surface area (Å²) in [7, 11) is 0. The van der Waals surface area contributed by atoms with Gasteiger partial charge in [-0.15, -0.1) is 0 Å². The monoisotopic (exact) mass is 487 g/mol. The number of aromatic nitrogens is 1. The summed E-state index contributed by atoms with van der Waals surface area (Å²) in [5.41, 5.74) is 3.68. The number of benzene rings is 2. The summed E-state index contributed by atoms with van der Waals surface area (Å²) in [5, 5.41) is 15.7. The number of nitrogens with one attached hydrogen (secondary N) is 2. The summed E-state index contributed by atoms with van der Waals surface area (Å²) in [6.07, 6.45) is 1.36. The van der Waals surface area contributed by atoms with Crippen LogP contribution in [0.5, 0.6) is 0 Å². The molecule has 7 nitrogen and oxygen atoms in total. The first-order chi connectivity index (χ1) is 17.4. The van der Waals surface area contributed by atoms with E-state index < -0.39 is 0 Å². The van der Waals surface area contributed by atoms with Gasteiger partial charge in [-0.2, -0.15) is 5.26 Å². The maximum absolute atomic E-state index is 13.5. The van der Waals surface area contributed by atoms with Crippen molar-refractivity contribution in [1.82, 2.24) is 14.8 Å². The molecule has 2 aromatic carbocycles. The van der Waals surface area contributed by atoms with Crippen molar-refractivity contribution in [2.24, 2.45) is 5.92 Å². The van der Waals surface area contributed by atoms with Crippen LogP contribution in [0.15, 0.2) is 54.6 Å². The third kappa shape index (κ3) is 5.64. The van der Waals surface area contributed by atoms with E-state index in [0.717, 1.165) is 16.8 Å². The van der Waals surface area contributed by atoms with Crippen LogP contribution < -0.4 is 10.6 Å². The topological polar surface area (TPSA) is 90.2 Å². The molecule has 186 valence electrons. The second-order valence-corrected chi connectivity index (χ2v) is 9.16. The number of hydrogen-bond acceptors (Lipinski definition) is 4. The molecule has 36 heavy (non-hydrogen) atoms. The van der Waals surface area contributed by atoms with Crippen molar-refractivity contribution in [2.75, 3.05) is 25.0 Å². The van der Waals surface area contributed by atoms with Gasteiger partial charge >= 0.3 is 0 Å². The maximum Gasteiger partial charge on any atom is 0.239 e. The number of carbonyl (C=O) groups is 2. The molecule has 1 fully saturated rings. The molecule has 3 aromatic rings. The van der Waals surface area contributed by atoms with Crippen molar-refractivity contribution in [3.05, 3.63) is 82.8 Å². The highest BCUT2D eigenvalue weighted by atomic mass is 19.1. The zero-order chi connectivity index (χ0) is 25.7. The minimum atomic E-state index is -0.358. The Labute approximate surface area is 210 Å². The minimum absolute atomic E-state index is 0.0460. The Morgan fingerprint density at radius 1 is 1.06 bits per heavy atom. The molecular weight excluding hydrogens is 457 g/mol. The molecule has 1 aromatic heterocycles. The van der Waals surface area contributed by atoms with Gasteiger partial charge in [-0.05, 0) is 75.2 Å². The van der Waals surface area contributed by atoms with Gasteiger partial charge in [0.15, 0.2) is 0 Å². The molecular formula is C28H30FN5O2. The summed E-state index contributed by atoms with van der Waals surface area (Å²) in [6, 6.07) is 17.9. The molecule has 0 spiro atoms. The zero-order valence-electron chi connectivity index (χ0n) is 20.6. The molecule has 0 unspecified atom stereocenters. The van der Waals surface area contributed by atoms with Gasteiger partial charge in [0.05, 0.1) is 12.1 Å². The molecule has 8 heteroatoms. The van der Waals surface area contributed by atoms with Crippen molar-refractivity contribution in [1.29, 1.82) is 5.26 Å². The number of nitrogens with zero attached hydrogens (tertiary/aromatic N) is 3. The minimum Gasteiger partial charge on any atom is -0.352 e. The SMILES string of the molecule is Cc1c(C#N)c(NC(=O)CN2CCC(C(=O)NCc3ccccc3)CC2)n(-c2ccc(F)cc2)c1C. The number of rotatable bonds is 7. The summed E-state index contributed by atoms with van der Waals surface area (Å²) >= 11 is 0. The second kappa shape index (κ2) is 11.2. The summed E-state index contributed by atoms with van der Waals surface area (Å²) < 4.78 is 15.2. The van der Waals surface area contributed by atoms with Gasteiger partial charge in [-0.3, -0.25) is 19.1 Å². The van der Waals surface area contributed by atoms with Crippen LogP contribution in [-0.4, -0.2) is 40.9 Å². The molecule has 0 radical (unpaired) electrons. The van der Waals surface area contributed by atoms with Crippen LogP contribution in [0.3, 0.4) is 0 Å². The first kappa shape index (κ1) is 25.1. The first-order valence-electron chi connectivity index (χ1n) is 12.1. The first-order valence-corrected chi connectivity index (χ1v) is 12.1. The average molecular weight is 488 g/mol. The molecule has 0 atom stereocenters. The summed E-state index contributed by atoms with van der Waals surface area (Å²) in [5.74, 6) is -0.230. The van der Waals surface area contributed by atoms with Gasteiger partial charge < -0.3 is 10.6 Å². The van der Waals surface area contributed by atoms with E-state index in [0.29, 0.717) is 49.5 Å². The molecule has 2 heterocycles. The largest absolute Gasteiger partial charge is 0.352 e. The Morgan fingerprint density at radius 3 is 2.36 bits per heavy atom. The lowest BCUT2D eigenvalue weighted by Crippen LogP contribution is -2.43. The van der Waals surface area contributed by atoms with Crippen molar-refractivity contribution in [3.8, 4) is 11.8 Å². The lowest BCUT2D eigenvalue weighted by molar-refractivity contribution is -0.126. The Kier molecular flexibility index (Phi) is 7.81. The normalized spacial score (nSPS) is 14.3. The predicted molar refractivity (Wildman–Crippen MR) is 136 cm³/mol. The fourth-order valence-electron chi connectivity index (χ4n) is 4.63. The molecule has 0 aliphatic carbocycles. The molecule has 2 N–H and O–H groups in total. The molecule has 4 rings (SSSR count).